The fourth-order valence-electron chi connectivity index (χ4n) is 4.41. The molecule has 1 amide bonds. The van der Waals surface area contributed by atoms with Crippen LogP contribution in [0.3, 0.4) is 0 Å². The van der Waals surface area contributed by atoms with E-state index in [-0.39, 0.29) is 23.6 Å². The molecule has 1 saturated carbocycles. The summed E-state index contributed by atoms with van der Waals surface area (Å²) in [6.45, 7) is 0. The Kier molecular flexibility index (Phi) is 7.14. The molecule has 0 saturated heterocycles. The molecule has 35 heavy (non-hydrogen) atoms. The highest BCUT2D eigenvalue weighted by molar-refractivity contribution is 6.04. The van der Waals surface area contributed by atoms with Crippen LogP contribution in [0.5, 0.6) is 0 Å². The van der Waals surface area contributed by atoms with E-state index in [1.807, 2.05) is 12.1 Å². The summed E-state index contributed by atoms with van der Waals surface area (Å²) in [5, 5.41) is 11.5. The van der Waals surface area contributed by atoms with E-state index in [1.165, 1.54) is 11.8 Å². The van der Waals surface area contributed by atoms with Crippen molar-refractivity contribution in [3.05, 3.63) is 77.7 Å². The molecular weight excluding hydrogens is 459 g/mol. The lowest BCUT2D eigenvalue weighted by Crippen LogP contribution is -2.16. The van der Waals surface area contributed by atoms with Gasteiger partial charge < -0.3 is 10.4 Å². The number of alkyl halides is 3. The number of aromatic nitrogens is 2. The largest absolute Gasteiger partial charge is 0.481 e. The maximum Gasteiger partial charge on any atom is 0.433 e. The van der Waals surface area contributed by atoms with Crippen molar-refractivity contribution >= 4 is 17.6 Å². The van der Waals surface area contributed by atoms with Crippen LogP contribution in [0, 0.1) is 5.92 Å². The number of hydrogen-bond acceptors (Lipinski definition) is 4. The molecule has 1 fully saturated rings. The molecule has 1 aliphatic carbocycles. The van der Waals surface area contributed by atoms with Gasteiger partial charge in [-0.3, -0.25) is 14.6 Å². The number of pyridine rings is 2. The monoisotopic (exact) mass is 483 g/mol. The highest BCUT2D eigenvalue weighted by Gasteiger charge is 2.32. The first kappa shape index (κ1) is 24.4. The first-order valence-electron chi connectivity index (χ1n) is 11.3. The topological polar surface area (TPSA) is 92.2 Å². The van der Waals surface area contributed by atoms with Gasteiger partial charge in [0.25, 0.3) is 5.91 Å². The lowest BCUT2D eigenvalue weighted by Gasteiger charge is -2.28. The minimum Gasteiger partial charge on any atom is -0.481 e. The van der Waals surface area contributed by atoms with Gasteiger partial charge in [-0.25, -0.2) is 4.98 Å². The molecule has 9 heteroatoms. The fourth-order valence-corrected chi connectivity index (χ4v) is 4.41. The number of carboxylic acids is 1. The summed E-state index contributed by atoms with van der Waals surface area (Å²) in [6, 6.07) is 13.4. The fraction of sp³-hybridized carbons (Fsp3) is 0.308. The number of rotatable bonds is 6. The van der Waals surface area contributed by atoms with E-state index in [2.05, 4.69) is 27.4 Å². The molecule has 4 rings (SSSR count). The van der Waals surface area contributed by atoms with Crippen molar-refractivity contribution in [1.29, 1.82) is 0 Å². The second-order valence-corrected chi connectivity index (χ2v) is 8.75. The van der Waals surface area contributed by atoms with E-state index in [0.717, 1.165) is 49.6 Å². The van der Waals surface area contributed by atoms with E-state index >= 15 is 0 Å². The molecule has 0 bridgehead atoms. The third-order valence-electron chi connectivity index (χ3n) is 6.33. The SMILES string of the molecule is O=C(O)CC1CCC(c2ccc(-c3ccc(C(=O)Nc4ccc(C(F)(F)F)nc4)cn3)cc2)CC1. The molecule has 0 aliphatic heterocycles. The summed E-state index contributed by atoms with van der Waals surface area (Å²) in [6.07, 6.45) is 1.89. The lowest BCUT2D eigenvalue weighted by atomic mass is 9.77. The van der Waals surface area contributed by atoms with Gasteiger partial charge in [0.05, 0.1) is 23.1 Å². The number of nitrogens with zero attached hydrogens (tertiary/aromatic N) is 2. The third-order valence-corrected chi connectivity index (χ3v) is 6.33. The van der Waals surface area contributed by atoms with Gasteiger partial charge in [-0.2, -0.15) is 13.2 Å². The van der Waals surface area contributed by atoms with Crippen LogP contribution in [0.15, 0.2) is 60.9 Å². The summed E-state index contributed by atoms with van der Waals surface area (Å²) in [5.74, 6) is -0.545. The molecule has 3 aromatic rings. The Bertz CT molecular complexity index is 1170. The van der Waals surface area contributed by atoms with Gasteiger partial charge in [0.1, 0.15) is 5.69 Å². The Morgan fingerprint density at radius 1 is 0.914 bits per heavy atom. The molecule has 0 spiro atoms. The normalized spacial score (nSPS) is 18.1. The zero-order valence-electron chi connectivity index (χ0n) is 18.8. The third kappa shape index (κ3) is 6.23. The number of benzene rings is 1. The molecule has 0 atom stereocenters. The average molecular weight is 483 g/mol. The number of aliphatic carboxylic acids is 1. The van der Waals surface area contributed by atoms with Crippen LogP contribution in [0.4, 0.5) is 18.9 Å². The predicted molar refractivity (Wildman–Crippen MR) is 124 cm³/mol. The maximum absolute atomic E-state index is 12.6. The zero-order valence-corrected chi connectivity index (χ0v) is 18.8. The average Bonchev–Trinajstić information content (AvgIpc) is 2.84. The van der Waals surface area contributed by atoms with Crippen molar-refractivity contribution in [2.24, 2.45) is 5.92 Å². The van der Waals surface area contributed by atoms with Crippen molar-refractivity contribution in [1.82, 2.24) is 9.97 Å². The standard InChI is InChI=1S/C26H24F3N3O3/c27-26(28,29)23-12-10-21(15-31-23)32-25(35)20-9-11-22(30-14-20)19-7-5-18(6-8-19)17-3-1-16(2-4-17)13-24(33)34/h5-12,14-17H,1-4,13H2,(H,32,35)(H,33,34). The Morgan fingerprint density at radius 3 is 2.17 bits per heavy atom. The van der Waals surface area contributed by atoms with E-state index in [4.69, 9.17) is 5.11 Å². The number of amides is 1. The summed E-state index contributed by atoms with van der Waals surface area (Å²) in [4.78, 5) is 31.0. The molecule has 2 heterocycles. The van der Waals surface area contributed by atoms with E-state index in [9.17, 15) is 22.8 Å². The summed E-state index contributed by atoms with van der Waals surface area (Å²) < 4.78 is 37.9. The smallest absolute Gasteiger partial charge is 0.433 e. The van der Waals surface area contributed by atoms with Gasteiger partial charge in [0, 0.05) is 18.2 Å². The van der Waals surface area contributed by atoms with Gasteiger partial charge in [-0.1, -0.05) is 24.3 Å². The maximum atomic E-state index is 12.6. The zero-order chi connectivity index (χ0) is 25.0. The Labute approximate surface area is 200 Å². The van der Waals surface area contributed by atoms with Crippen molar-refractivity contribution in [2.45, 2.75) is 44.2 Å². The van der Waals surface area contributed by atoms with Crippen LogP contribution < -0.4 is 5.32 Å². The predicted octanol–water partition coefficient (Wildman–Crippen LogP) is 6.16. The number of hydrogen-bond donors (Lipinski definition) is 2. The van der Waals surface area contributed by atoms with Crippen molar-refractivity contribution in [3.8, 4) is 11.3 Å². The van der Waals surface area contributed by atoms with Gasteiger partial charge in [-0.05, 0) is 67.3 Å². The second kappa shape index (κ2) is 10.2. The van der Waals surface area contributed by atoms with Crippen molar-refractivity contribution < 1.29 is 27.9 Å². The molecular formula is C26H24F3N3O3. The van der Waals surface area contributed by atoms with Gasteiger partial charge in [0.2, 0.25) is 0 Å². The Balaban J connectivity index is 1.35. The molecule has 6 nitrogen and oxygen atoms in total. The molecule has 182 valence electrons. The Hall–Kier alpha value is -3.75. The van der Waals surface area contributed by atoms with E-state index in [1.54, 1.807) is 12.1 Å². The highest BCUT2D eigenvalue weighted by Crippen LogP contribution is 2.37. The van der Waals surface area contributed by atoms with Crippen LogP contribution in [0.1, 0.15) is 59.6 Å². The van der Waals surface area contributed by atoms with Crippen LogP contribution in [0.2, 0.25) is 0 Å². The van der Waals surface area contributed by atoms with Crippen molar-refractivity contribution in [2.75, 3.05) is 5.32 Å². The molecule has 2 aromatic heterocycles. The molecule has 2 N–H and O–H groups in total. The number of carbonyl (C=O) groups excluding carboxylic acids is 1. The second-order valence-electron chi connectivity index (χ2n) is 8.75. The van der Waals surface area contributed by atoms with Crippen LogP contribution in [0.25, 0.3) is 11.3 Å². The van der Waals surface area contributed by atoms with Gasteiger partial charge >= 0.3 is 12.1 Å². The summed E-state index contributed by atoms with van der Waals surface area (Å²) in [7, 11) is 0. The van der Waals surface area contributed by atoms with Gasteiger partial charge in [0.15, 0.2) is 0 Å². The lowest BCUT2D eigenvalue weighted by molar-refractivity contribution is -0.141. The minimum atomic E-state index is -4.54. The molecule has 1 aliphatic rings. The molecule has 0 unspecified atom stereocenters. The highest BCUT2D eigenvalue weighted by atomic mass is 19.4. The number of carbonyl (C=O) groups is 2. The summed E-state index contributed by atoms with van der Waals surface area (Å²) in [5.41, 5.74) is 2.20. The first-order chi connectivity index (χ1) is 16.7. The number of carboxylic acid groups (broad SMARTS) is 1. The van der Waals surface area contributed by atoms with Crippen LogP contribution in [-0.2, 0) is 11.0 Å². The van der Waals surface area contributed by atoms with E-state index < -0.39 is 23.7 Å². The minimum absolute atomic E-state index is 0.152. The van der Waals surface area contributed by atoms with Crippen LogP contribution in [-0.4, -0.2) is 27.0 Å². The number of anilines is 1. The molecule has 1 aromatic carbocycles. The van der Waals surface area contributed by atoms with Gasteiger partial charge in [-0.15, -0.1) is 0 Å². The molecule has 0 radical (unpaired) electrons. The number of halogens is 3. The summed E-state index contributed by atoms with van der Waals surface area (Å²) >= 11 is 0. The Morgan fingerprint density at radius 2 is 1.63 bits per heavy atom. The van der Waals surface area contributed by atoms with Crippen LogP contribution >= 0.6 is 0 Å². The quantitative estimate of drug-likeness (QED) is 0.438. The number of nitrogens with one attached hydrogen (secondary N) is 1. The van der Waals surface area contributed by atoms with Crippen molar-refractivity contribution in [3.63, 3.8) is 0 Å². The first-order valence-corrected chi connectivity index (χ1v) is 11.3. The van der Waals surface area contributed by atoms with E-state index in [0.29, 0.717) is 11.6 Å².